The van der Waals surface area contributed by atoms with Crippen LogP contribution in [-0.4, -0.2) is 15.5 Å². The molecule has 0 aliphatic carbocycles. The molecule has 3 nitrogen and oxygen atoms in total. The monoisotopic (exact) mass is 182 g/mol. The Morgan fingerprint density at radius 1 is 1.58 bits per heavy atom. The summed E-state index contributed by atoms with van der Waals surface area (Å²) < 4.78 is 24.0. The molecule has 1 aliphatic rings. The van der Waals surface area contributed by atoms with E-state index in [1.54, 1.807) is 25.2 Å². The Morgan fingerprint density at radius 3 is 3.00 bits per heavy atom. The maximum Gasteiger partial charge on any atom is 0.239 e. The van der Waals surface area contributed by atoms with Crippen LogP contribution < -0.4 is 4.31 Å². The lowest BCUT2D eigenvalue weighted by Crippen LogP contribution is -2.20. The average Bonchev–Trinajstić information content (AvgIpc) is 2.24. The smallest absolute Gasteiger partial charge is 0.239 e. The molecule has 1 aliphatic heterocycles. The molecule has 1 radical (unpaired) electrons. The zero-order valence-corrected chi connectivity index (χ0v) is 7.43. The normalized spacial score (nSPS) is 19.2. The number of fused-ring (bicyclic) bond motifs is 1. The summed E-state index contributed by atoms with van der Waals surface area (Å²) in [5, 5.41) is 0. The number of nitrogens with zero attached hydrogens (tertiary/aromatic N) is 1. The van der Waals surface area contributed by atoms with Crippen LogP contribution in [0.5, 0.6) is 0 Å². The number of hydrogen-bond acceptors (Lipinski definition) is 2. The lowest BCUT2D eigenvalue weighted by atomic mass is 10.2. The fraction of sp³-hybridized carbons (Fsp3) is 0.250. The first-order valence-corrected chi connectivity index (χ1v) is 5.18. The van der Waals surface area contributed by atoms with E-state index in [-0.39, 0.29) is 5.75 Å². The molecule has 0 aromatic heterocycles. The van der Waals surface area contributed by atoms with Crippen LogP contribution in [0.25, 0.3) is 0 Å². The van der Waals surface area contributed by atoms with Gasteiger partial charge in [0.25, 0.3) is 0 Å². The quantitative estimate of drug-likeness (QED) is 0.594. The highest BCUT2D eigenvalue weighted by molar-refractivity contribution is 7.92. The van der Waals surface area contributed by atoms with Crippen molar-refractivity contribution >= 4 is 15.7 Å². The van der Waals surface area contributed by atoms with Crippen LogP contribution in [-0.2, 0) is 15.8 Å². The topological polar surface area (TPSA) is 37.4 Å². The van der Waals surface area contributed by atoms with Crippen LogP contribution in [0.15, 0.2) is 18.2 Å². The summed E-state index contributed by atoms with van der Waals surface area (Å²) in [5.74, 6) is 0.107. The van der Waals surface area contributed by atoms with Gasteiger partial charge in [-0.2, -0.15) is 0 Å². The van der Waals surface area contributed by atoms with Gasteiger partial charge < -0.3 is 0 Å². The molecule has 4 heteroatoms. The maximum atomic E-state index is 11.3. The molecule has 0 amide bonds. The molecule has 12 heavy (non-hydrogen) atoms. The minimum atomic E-state index is -3.07. The van der Waals surface area contributed by atoms with Gasteiger partial charge in [0.05, 0.1) is 11.4 Å². The third-order valence-corrected chi connectivity index (χ3v) is 3.73. The molecule has 0 saturated carbocycles. The number of sulfonamides is 1. The second-order valence-corrected chi connectivity index (χ2v) is 4.78. The van der Waals surface area contributed by atoms with E-state index in [1.165, 1.54) is 4.31 Å². The van der Waals surface area contributed by atoms with Gasteiger partial charge in [-0.25, -0.2) is 8.42 Å². The van der Waals surface area contributed by atoms with Crippen molar-refractivity contribution in [2.45, 2.75) is 5.75 Å². The van der Waals surface area contributed by atoms with Gasteiger partial charge in [-0.05, 0) is 23.8 Å². The Balaban J connectivity index is 2.64. The van der Waals surface area contributed by atoms with E-state index in [0.29, 0.717) is 0 Å². The molecular weight excluding hydrogens is 174 g/mol. The van der Waals surface area contributed by atoms with Crippen molar-refractivity contribution in [1.82, 2.24) is 0 Å². The highest BCUT2D eigenvalue weighted by Crippen LogP contribution is 2.30. The van der Waals surface area contributed by atoms with Gasteiger partial charge in [-0.3, -0.25) is 4.31 Å². The van der Waals surface area contributed by atoms with E-state index in [9.17, 15) is 8.42 Å². The van der Waals surface area contributed by atoms with Gasteiger partial charge in [0.2, 0.25) is 10.0 Å². The van der Waals surface area contributed by atoms with Crippen molar-refractivity contribution in [2.24, 2.45) is 0 Å². The standard InChI is InChI=1S/C8H8NO2S/c1-9-8-5-3-2-4-7(8)6-12(9,10)11/h3-5H,6H2,1H3. The molecule has 0 atom stereocenters. The number of anilines is 1. The predicted molar refractivity (Wildman–Crippen MR) is 46.3 cm³/mol. The highest BCUT2D eigenvalue weighted by atomic mass is 32.2. The van der Waals surface area contributed by atoms with Crippen molar-refractivity contribution < 1.29 is 8.42 Å². The molecular formula is C8H8NO2S. The molecule has 0 bridgehead atoms. The molecule has 1 aromatic carbocycles. The largest absolute Gasteiger partial charge is 0.273 e. The summed E-state index contributed by atoms with van der Waals surface area (Å²) in [4.78, 5) is 0. The predicted octanol–water partition coefficient (Wildman–Crippen LogP) is 0.766. The van der Waals surface area contributed by atoms with Crippen LogP contribution in [0.1, 0.15) is 5.56 Å². The summed E-state index contributed by atoms with van der Waals surface area (Å²) in [6.07, 6.45) is 0. The zero-order chi connectivity index (χ0) is 8.77. The summed E-state index contributed by atoms with van der Waals surface area (Å²) in [6.45, 7) is 0. The first kappa shape index (κ1) is 7.61. The van der Waals surface area contributed by atoms with Gasteiger partial charge in [-0.1, -0.05) is 6.07 Å². The van der Waals surface area contributed by atoms with E-state index in [4.69, 9.17) is 0 Å². The lowest BCUT2D eigenvalue weighted by Gasteiger charge is -2.09. The summed E-state index contributed by atoms with van der Waals surface area (Å²) >= 11 is 0. The SMILES string of the molecule is CN1c2cc[c]cc2CS1(=O)=O. The second kappa shape index (κ2) is 2.23. The molecule has 0 saturated heterocycles. The average molecular weight is 182 g/mol. The minimum absolute atomic E-state index is 0.107. The Morgan fingerprint density at radius 2 is 2.33 bits per heavy atom. The Hall–Kier alpha value is -1.03. The van der Waals surface area contributed by atoms with Gasteiger partial charge in [0.15, 0.2) is 0 Å². The Bertz CT molecular complexity index is 411. The maximum absolute atomic E-state index is 11.3. The molecule has 2 rings (SSSR count). The molecule has 1 heterocycles. The van der Waals surface area contributed by atoms with E-state index in [1.807, 2.05) is 0 Å². The van der Waals surface area contributed by atoms with Crippen LogP contribution in [0.2, 0.25) is 0 Å². The van der Waals surface area contributed by atoms with Crippen molar-refractivity contribution in [1.29, 1.82) is 0 Å². The van der Waals surface area contributed by atoms with Gasteiger partial charge >= 0.3 is 0 Å². The number of rotatable bonds is 0. The molecule has 63 valence electrons. The first-order chi connectivity index (χ1) is 5.61. The van der Waals surface area contributed by atoms with Crippen LogP contribution in [0, 0.1) is 6.07 Å². The van der Waals surface area contributed by atoms with Crippen LogP contribution >= 0.6 is 0 Å². The van der Waals surface area contributed by atoms with E-state index in [2.05, 4.69) is 6.07 Å². The minimum Gasteiger partial charge on any atom is -0.273 e. The Labute approximate surface area is 71.7 Å². The molecule has 0 spiro atoms. The fourth-order valence-electron chi connectivity index (χ4n) is 1.32. The fourth-order valence-corrected chi connectivity index (χ4v) is 2.62. The van der Waals surface area contributed by atoms with Crippen molar-refractivity contribution in [3.63, 3.8) is 0 Å². The van der Waals surface area contributed by atoms with E-state index < -0.39 is 10.0 Å². The Kier molecular flexibility index (Phi) is 1.41. The number of hydrogen-bond donors (Lipinski definition) is 0. The third-order valence-electron chi connectivity index (χ3n) is 2.02. The van der Waals surface area contributed by atoms with Crippen molar-refractivity contribution in [3.05, 3.63) is 29.8 Å². The highest BCUT2D eigenvalue weighted by Gasteiger charge is 2.29. The summed E-state index contributed by atoms with van der Waals surface area (Å²) in [7, 11) is -1.50. The van der Waals surface area contributed by atoms with Gasteiger partial charge in [-0.15, -0.1) is 0 Å². The van der Waals surface area contributed by atoms with Crippen molar-refractivity contribution in [3.8, 4) is 0 Å². The van der Waals surface area contributed by atoms with E-state index in [0.717, 1.165) is 11.3 Å². The molecule has 0 fully saturated rings. The summed E-state index contributed by atoms with van der Waals surface area (Å²) in [5.41, 5.74) is 1.61. The molecule has 0 unspecified atom stereocenters. The number of benzene rings is 1. The second-order valence-electron chi connectivity index (χ2n) is 2.78. The first-order valence-electron chi connectivity index (χ1n) is 3.57. The zero-order valence-electron chi connectivity index (χ0n) is 6.61. The molecule has 0 N–H and O–H groups in total. The van der Waals surface area contributed by atoms with Crippen LogP contribution in [0.4, 0.5) is 5.69 Å². The van der Waals surface area contributed by atoms with Crippen molar-refractivity contribution in [2.75, 3.05) is 11.4 Å². The summed E-state index contributed by atoms with van der Waals surface area (Å²) in [6, 6.07) is 8.06. The third kappa shape index (κ3) is 0.914. The molecule has 1 aromatic rings. The van der Waals surface area contributed by atoms with Gasteiger partial charge in [0, 0.05) is 7.05 Å². The van der Waals surface area contributed by atoms with E-state index >= 15 is 0 Å². The lowest BCUT2D eigenvalue weighted by molar-refractivity contribution is 0.596. The van der Waals surface area contributed by atoms with Crippen LogP contribution in [0.3, 0.4) is 0 Å². The van der Waals surface area contributed by atoms with Gasteiger partial charge in [0.1, 0.15) is 0 Å².